The fraction of sp³-hybridized carbons (Fsp3) is 0.409. The molecule has 0 radical (unpaired) electrons. The van der Waals surface area contributed by atoms with Gasteiger partial charge < -0.3 is 10.1 Å². The fourth-order valence-electron chi connectivity index (χ4n) is 3.24. The van der Waals surface area contributed by atoms with Crippen molar-refractivity contribution < 1.29 is 9.53 Å². The maximum absolute atomic E-state index is 12.2. The van der Waals surface area contributed by atoms with Crippen LogP contribution in [0.1, 0.15) is 40.7 Å². The maximum atomic E-state index is 12.2. The fourth-order valence-corrected chi connectivity index (χ4v) is 3.24. The lowest BCUT2D eigenvalue weighted by Crippen LogP contribution is -2.29. The number of rotatable bonds is 8. The van der Waals surface area contributed by atoms with Gasteiger partial charge in [0, 0.05) is 18.7 Å². The van der Waals surface area contributed by atoms with E-state index >= 15 is 0 Å². The summed E-state index contributed by atoms with van der Waals surface area (Å²) in [5.74, 6) is -0.0437. The Balaban J connectivity index is 1.36. The summed E-state index contributed by atoms with van der Waals surface area (Å²) in [6.07, 6.45) is 3.95. The molecule has 0 aromatic heterocycles. The Labute approximate surface area is 156 Å². The van der Waals surface area contributed by atoms with E-state index in [1.165, 1.54) is 37.9 Å². The Kier molecular flexibility index (Phi) is 7.23. The number of hydrogen-bond acceptors (Lipinski definition) is 3. The lowest BCUT2D eigenvalue weighted by Gasteiger charge is -2.26. The lowest BCUT2D eigenvalue weighted by atomic mass is 10.1. The van der Waals surface area contributed by atoms with Gasteiger partial charge in [-0.25, -0.2) is 0 Å². The summed E-state index contributed by atoms with van der Waals surface area (Å²) in [4.78, 5) is 14.7. The zero-order chi connectivity index (χ0) is 18.0. The van der Waals surface area contributed by atoms with Crippen molar-refractivity contribution in [2.24, 2.45) is 0 Å². The smallest absolute Gasteiger partial charge is 0.251 e. The van der Waals surface area contributed by atoms with Crippen LogP contribution in [0.25, 0.3) is 0 Å². The first-order chi connectivity index (χ1) is 12.8. The minimum absolute atomic E-state index is 0.0437. The molecule has 0 atom stereocenters. The van der Waals surface area contributed by atoms with E-state index in [9.17, 15) is 4.79 Å². The molecular weight excluding hydrogens is 324 g/mol. The van der Waals surface area contributed by atoms with Gasteiger partial charge in [-0.3, -0.25) is 9.69 Å². The molecule has 2 aromatic carbocycles. The summed E-state index contributed by atoms with van der Waals surface area (Å²) in [5.41, 5.74) is 3.12. The molecule has 1 amide bonds. The van der Waals surface area contributed by atoms with Gasteiger partial charge in [-0.1, -0.05) is 48.9 Å². The number of nitrogens with one attached hydrogen (secondary N) is 1. The second kappa shape index (κ2) is 10.1. The Morgan fingerprint density at radius 1 is 0.923 bits per heavy atom. The molecule has 4 heteroatoms. The number of ether oxygens (including phenoxy) is 1. The Morgan fingerprint density at radius 2 is 1.65 bits per heavy atom. The molecule has 1 N–H and O–H groups in total. The first-order valence-electron chi connectivity index (χ1n) is 9.52. The Morgan fingerprint density at radius 3 is 2.38 bits per heavy atom. The highest BCUT2D eigenvalue weighted by atomic mass is 16.5. The van der Waals surface area contributed by atoms with Gasteiger partial charge >= 0.3 is 0 Å². The third kappa shape index (κ3) is 5.97. The number of likely N-dealkylation sites (tertiary alicyclic amines) is 1. The van der Waals surface area contributed by atoms with Gasteiger partial charge in [0.1, 0.15) is 0 Å². The van der Waals surface area contributed by atoms with E-state index in [4.69, 9.17) is 4.74 Å². The molecule has 138 valence electrons. The molecule has 2 aromatic rings. The van der Waals surface area contributed by atoms with Crippen molar-refractivity contribution in [3.63, 3.8) is 0 Å². The van der Waals surface area contributed by atoms with Crippen molar-refractivity contribution in [3.05, 3.63) is 71.3 Å². The Hall–Kier alpha value is -2.17. The SMILES string of the molecule is O=C(NCCOCc1ccccc1)c1ccc(CN2CCCCC2)cc1. The van der Waals surface area contributed by atoms with Gasteiger partial charge in [0.2, 0.25) is 0 Å². The molecule has 1 aliphatic rings. The van der Waals surface area contributed by atoms with Crippen molar-refractivity contribution in [1.29, 1.82) is 0 Å². The summed E-state index contributed by atoms with van der Waals surface area (Å²) in [5, 5.41) is 2.91. The molecule has 1 saturated heterocycles. The summed E-state index contributed by atoms with van der Waals surface area (Å²) in [6, 6.07) is 18.0. The molecule has 26 heavy (non-hydrogen) atoms. The third-order valence-electron chi connectivity index (χ3n) is 4.71. The molecule has 3 rings (SSSR count). The first-order valence-corrected chi connectivity index (χ1v) is 9.52. The van der Waals surface area contributed by atoms with Crippen LogP contribution in [0.4, 0.5) is 0 Å². The van der Waals surface area contributed by atoms with Crippen molar-refractivity contribution in [3.8, 4) is 0 Å². The van der Waals surface area contributed by atoms with Gasteiger partial charge in [0.25, 0.3) is 5.91 Å². The van der Waals surface area contributed by atoms with Crippen LogP contribution in [0.3, 0.4) is 0 Å². The molecule has 0 saturated carbocycles. The highest BCUT2D eigenvalue weighted by Crippen LogP contribution is 2.13. The molecular formula is C22H28N2O2. The average molecular weight is 352 g/mol. The molecule has 0 aliphatic carbocycles. The van der Waals surface area contributed by atoms with Crippen LogP contribution in [0.5, 0.6) is 0 Å². The number of piperidine rings is 1. The summed E-state index contributed by atoms with van der Waals surface area (Å²) < 4.78 is 5.59. The van der Waals surface area contributed by atoms with Crippen molar-refractivity contribution >= 4 is 5.91 Å². The van der Waals surface area contributed by atoms with Gasteiger partial charge in [-0.2, -0.15) is 0 Å². The van der Waals surface area contributed by atoms with E-state index in [0.717, 1.165) is 12.1 Å². The van der Waals surface area contributed by atoms with Crippen LogP contribution in [-0.4, -0.2) is 37.0 Å². The first kappa shape index (κ1) is 18.6. The maximum Gasteiger partial charge on any atom is 0.251 e. The van der Waals surface area contributed by atoms with Crippen LogP contribution in [0, 0.1) is 0 Å². The normalized spacial score (nSPS) is 14.9. The Bertz CT molecular complexity index is 664. The van der Waals surface area contributed by atoms with Crippen LogP contribution in [-0.2, 0) is 17.9 Å². The minimum Gasteiger partial charge on any atom is -0.375 e. The van der Waals surface area contributed by atoms with E-state index in [-0.39, 0.29) is 5.91 Å². The third-order valence-corrected chi connectivity index (χ3v) is 4.71. The van der Waals surface area contributed by atoms with Gasteiger partial charge in [-0.05, 0) is 49.2 Å². The van der Waals surface area contributed by atoms with E-state index < -0.39 is 0 Å². The van der Waals surface area contributed by atoms with Crippen LogP contribution >= 0.6 is 0 Å². The summed E-state index contributed by atoms with van der Waals surface area (Å²) >= 11 is 0. The second-order valence-electron chi connectivity index (χ2n) is 6.83. The highest BCUT2D eigenvalue weighted by Gasteiger charge is 2.11. The summed E-state index contributed by atoms with van der Waals surface area (Å²) in [7, 11) is 0. The molecule has 1 aliphatic heterocycles. The predicted octanol–water partition coefficient (Wildman–Crippen LogP) is 3.62. The quantitative estimate of drug-likeness (QED) is 0.738. The molecule has 1 fully saturated rings. The molecule has 4 nitrogen and oxygen atoms in total. The van der Waals surface area contributed by atoms with Gasteiger partial charge in [-0.15, -0.1) is 0 Å². The average Bonchev–Trinajstić information content (AvgIpc) is 2.70. The van der Waals surface area contributed by atoms with E-state index in [1.807, 2.05) is 42.5 Å². The standard InChI is InChI=1S/C22H28N2O2/c25-22(23-13-16-26-18-20-7-3-1-4-8-20)21-11-9-19(10-12-21)17-24-14-5-2-6-15-24/h1,3-4,7-12H,2,5-6,13-18H2,(H,23,25). The van der Waals surface area contributed by atoms with Crippen molar-refractivity contribution in [1.82, 2.24) is 10.2 Å². The van der Waals surface area contributed by atoms with Crippen LogP contribution < -0.4 is 5.32 Å². The zero-order valence-corrected chi connectivity index (χ0v) is 15.3. The van der Waals surface area contributed by atoms with Crippen molar-refractivity contribution in [2.75, 3.05) is 26.2 Å². The van der Waals surface area contributed by atoms with E-state index in [0.29, 0.717) is 25.3 Å². The monoisotopic (exact) mass is 352 g/mol. The number of amides is 1. The number of nitrogens with zero attached hydrogens (tertiary/aromatic N) is 1. The van der Waals surface area contributed by atoms with Crippen molar-refractivity contribution in [2.45, 2.75) is 32.4 Å². The van der Waals surface area contributed by atoms with Crippen LogP contribution in [0.15, 0.2) is 54.6 Å². The van der Waals surface area contributed by atoms with Gasteiger partial charge in [0.15, 0.2) is 0 Å². The van der Waals surface area contributed by atoms with E-state index in [2.05, 4.69) is 22.3 Å². The topological polar surface area (TPSA) is 41.6 Å². The summed E-state index contributed by atoms with van der Waals surface area (Å²) in [6.45, 7) is 4.95. The largest absolute Gasteiger partial charge is 0.375 e. The molecule has 0 unspecified atom stereocenters. The zero-order valence-electron chi connectivity index (χ0n) is 15.3. The number of carbonyl (C=O) groups is 1. The molecule has 1 heterocycles. The molecule has 0 bridgehead atoms. The van der Waals surface area contributed by atoms with E-state index in [1.54, 1.807) is 0 Å². The number of benzene rings is 2. The number of carbonyl (C=O) groups excluding carboxylic acids is 1. The predicted molar refractivity (Wildman–Crippen MR) is 104 cm³/mol. The lowest BCUT2D eigenvalue weighted by molar-refractivity contribution is 0.0901. The molecule has 0 spiro atoms. The highest BCUT2D eigenvalue weighted by molar-refractivity contribution is 5.94. The van der Waals surface area contributed by atoms with Crippen LogP contribution in [0.2, 0.25) is 0 Å². The second-order valence-corrected chi connectivity index (χ2v) is 6.83. The van der Waals surface area contributed by atoms with Gasteiger partial charge in [0.05, 0.1) is 13.2 Å². The minimum atomic E-state index is -0.0437. The number of hydrogen-bond donors (Lipinski definition) is 1.